The van der Waals surface area contributed by atoms with Crippen LogP contribution in [0.3, 0.4) is 0 Å². The molecule has 0 aliphatic rings. The minimum Gasteiger partial charge on any atom is -0.293 e. The second-order valence-corrected chi connectivity index (χ2v) is 3.45. The van der Waals surface area contributed by atoms with E-state index in [2.05, 4.69) is 9.97 Å². The number of hydrogen-bond donors (Lipinski definition) is 0. The highest BCUT2D eigenvalue weighted by Crippen LogP contribution is 2.08. The van der Waals surface area contributed by atoms with Crippen LogP contribution in [-0.4, -0.2) is 14.5 Å². The fourth-order valence-electron chi connectivity index (χ4n) is 1.21. The Morgan fingerprint density at radius 3 is 2.93 bits per heavy atom. The molecular weight excluding hydrogens is 214 g/mol. The molecule has 0 aromatic carbocycles. The Balaban J connectivity index is 2.30. The monoisotopic (exact) mass is 221 g/mol. The third-order valence-electron chi connectivity index (χ3n) is 1.90. The summed E-state index contributed by atoms with van der Waals surface area (Å²) in [6, 6.07) is 4.82. The van der Waals surface area contributed by atoms with Crippen molar-refractivity contribution in [1.82, 2.24) is 14.5 Å². The molecule has 0 unspecified atom stereocenters. The zero-order valence-corrected chi connectivity index (χ0v) is 8.55. The van der Waals surface area contributed by atoms with Gasteiger partial charge < -0.3 is 0 Å². The third kappa shape index (κ3) is 2.41. The van der Waals surface area contributed by atoms with E-state index in [-0.39, 0.29) is 5.56 Å². The van der Waals surface area contributed by atoms with Crippen molar-refractivity contribution in [1.29, 1.82) is 0 Å². The number of aromatic nitrogens is 3. The molecular formula is C10H8ClN3O. The molecule has 0 amide bonds. The lowest BCUT2D eigenvalue weighted by atomic mass is 10.3. The predicted molar refractivity (Wildman–Crippen MR) is 56.8 cm³/mol. The normalized spacial score (nSPS) is 10.2. The smallest absolute Gasteiger partial charge is 0.253 e. The van der Waals surface area contributed by atoms with Crippen LogP contribution in [0.2, 0.25) is 5.02 Å². The van der Waals surface area contributed by atoms with Crippen LogP contribution < -0.4 is 5.56 Å². The van der Waals surface area contributed by atoms with Gasteiger partial charge in [-0.2, -0.15) is 0 Å². The summed E-state index contributed by atoms with van der Waals surface area (Å²) in [5.74, 6) is 0. The maximum atomic E-state index is 11.4. The molecule has 0 saturated carbocycles. The van der Waals surface area contributed by atoms with E-state index in [0.717, 1.165) is 5.69 Å². The lowest BCUT2D eigenvalue weighted by Gasteiger charge is -2.03. The van der Waals surface area contributed by atoms with E-state index < -0.39 is 0 Å². The van der Waals surface area contributed by atoms with Gasteiger partial charge in [0.2, 0.25) is 0 Å². The molecule has 76 valence electrons. The highest BCUT2D eigenvalue weighted by atomic mass is 35.5. The Morgan fingerprint density at radius 2 is 2.20 bits per heavy atom. The van der Waals surface area contributed by atoms with Crippen molar-refractivity contribution in [2.24, 2.45) is 0 Å². The largest absolute Gasteiger partial charge is 0.293 e. The van der Waals surface area contributed by atoms with Crippen LogP contribution in [-0.2, 0) is 6.54 Å². The number of nitrogens with zero attached hydrogens (tertiary/aromatic N) is 3. The summed E-state index contributed by atoms with van der Waals surface area (Å²) >= 11 is 5.81. The first-order valence-corrected chi connectivity index (χ1v) is 4.74. The molecule has 0 radical (unpaired) electrons. The van der Waals surface area contributed by atoms with Gasteiger partial charge in [-0.25, -0.2) is 4.98 Å². The molecule has 0 spiro atoms. The van der Waals surface area contributed by atoms with Crippen molar-refractivity contribution in [3.8, 4) is 0 Å². The minimum absolute atomic E-state index is 0.105. The van der Waals surface area contributed by atoms with E-state index in [1.54, 1.807) is 18.3 Å². The van der Waals surface area contributed by atoms with Gasteiger partial charge in [-0.3, -0.25) is 14.3 Å². The fourth-order valence-corrected chi connectivity index (χ4v) is 1.39. The number of pyridine rings is 1. The Hall–Kier alpha value is -1.68. The zero-order chi connectivity index (χ0) is 10.7. The zero-order valence-electron chi connectivity index (χ0n) is 7.80. The van der Waals surface area contributed by atoms with Crippen molar-refractivity contribution in [3.05, 3.63) is 58.0 Å². The van der Waals surface area contributed by atoms with Gasteiger partial charge in [0.25, 0.3) is 5.56 Å². The van der Waals surface area contributed by atoms with Crippen LogP contribution in [0.5, 0.6) is 0 Å². The molecule has 2 aromatic heterocycles. The molecule has 0 N–H and O–H groups in total. The second kappa shape index (κ2) is 4.23. The van der Waals surface area contributed by atoms with E-state index in [1.165, 1.54) is 23.2 Å². The first kappa shape index (κ1) is 9.86. The maximum Gasteiger partial charge on any atom is 0.253 e. The Labute approximate surface area is 91.2 Å². The van der Waals surface area contributed by atoms with Gasteiger partial charge in [-0.1, -0.05) is 11.6 Å². The van der Waals surface area contributed by atoms with Crippen molar-refractivity contribution in [2.45, 2.75) is 6.54 Å². The molecule has 5 heteroatoms. The molecule has 2 rings (SSSR count). The van der Waals surface area contributed by atoms with E-state index in [4.69, 9.17) is 11.6 Å². The van der Waals surface area contributed by atoms with Crippen LogP contribution in [0.15, 0.2) is 41.7 Å². The Kier molecular flexibility index (Phi) is 2.78. The summed E-state index contributed by atoms with van der Waals surface area (Å²) in [5.41, 5.74) is 0.629. The lowest BCUT2D eigenvalue weighted by molar-refractivity contribution is 0.719. The van der Waals surface area contributed by atoms with E-state index in [9.17, 15) is 4.79 Å². The van der Waals surface area contributed by atoms with Crippen LogP contribution in [0.1, 0.15) is 5.69 Å². The molecule has 0 aliphatic carbocycles. The van der Waals surface area contributed by atoms with Gasteiger partial charge in [0.15, 0.2) is 0 Å². The van der Waals surface area contributed by atoms with Gasteiger partial charge in [0.05, 0.1) is 18.6 Å². The van der Waals surface area contributed by atoms with E-state index in [0.29, 0.717) is 11.6 Å². The lowest BCUT2D eigenvalue weighted by Crippen LogP contribution is -2.19. The standard InChI is InChI=1S/C10H8ClN3O/c11-8-1-4-13-9(5-8)6-14-7-12-3-2-10(14)15/h1-5,7H,6H2. The van der Waals surface area contributed by atoms with Crippen molar-refractivity contribution in [2.75, 3.05) is 0 Å². The second-order valence-electron chi connectivity index (χ2n) is 3.01. The van der Waals surface area contributed by atoms with Crippen LogP contribution in [0.25, 0.3) is 0 Å². The third-order valence-corrected chi connectivity index (χ3v) is 2.14. The predicted octanol–water partition coefficient (Wildman–Crippen LogP) is 1.34. The Bertz CT molecular complexity index is 524. The summed E-state index contributed by atoms with van der Waals surface area (Å²) in [7, 11) is 0. The SMILES string of the molecule is O=c1ccncn1Cc1cc(Cl)ccn1. The van der Waals surface area contributed by atoms with Crippen LogP contribution >= 0.6 is 11.6 Å². The molecule has 0 atom stereocenters. The number of rotatable bonds is 2. The van der Waals surface area contributed by atoms with Gasteiger partial charge in [-0.15, -0.1) is 0 Å². The summed E-state index contributed by atoms with van der Waals surface area (Å²) < 4.78 is 1.47. The summed E-state index contributed by atoms with van der Waals surface area (Å²) in [6.45, 7) is 0.382. The van der Waals surface area contributed by atoms with Crippen molar-refractivity contribution in [3.63, 3.8) is 0 Å². The molecule has 0 aliphatic heterocycles. The van der Waals surface area contributed by atoms with E-state index >= 15 is 0 Å². The summed E-state index contributed by atoms with van der Waals surface area (Å²) in [6.07, 6.45) is 4.55. The molecule has 0 bridgehead atoms. The Morgan fingerprint density at radius 1 is 1.33 bits per heavy atom. The van der Waals surface area contributed by atoms with Gasteiger partial charge >= 0.3 is 0 Å². The molecule has 2 aromatic rings. The molecule has 0 saturated heterocycles. The number of hydrogen-bond acceptors (Lipinski definition) is 3. The van der Waals surface area contributed by atoms with Crippen LogP contribution in [0, 0.1) is 0 Å². The van der Waals surface area contributed by atoms with Crippen molar-refractivity contribution < 1.29 is 0 Å². The minimum atomic E-state index is -0.105. The summed E-state index contributed by atoms with van der Waals surface area (Å²) in [5, 5.41) is 0.608. The van der Waals surface area contributed by atoms with Crippen LogP contribution in [0.4, 0.5) is 0 Å². The first-order chi connectivity index (χ1) is 7.25. The highest BCUT2D eigenvalue weighted by molar-refractivity contribution is 6.30. The van der Waals surface area contributed by atoms with Gasteiger partial charge in [0, 0.05) is 23.5 Å². The maximum absolute atomic E-state index is 11.4. The molecule has 15 heavy (non-hydrogen) atoms. The van der Waals surface area contributed by atoms with E-state index in [1.807, 2.05) is 0 Å². The molecule has 2 heterocycles. The van der Waals surface area contributed by atoms with Crippen molar-refractivity contribution >= 4 is 11.6 Å². The molecule has 0 fully saturated rings. The average molecular weight is 222 g/mol. The quantitative estimate of drug-likeness (QED) is 0.769. The average Bonchev–Trinajstić information content (AvgIpc) is 2.22. The van der Waals surface area contributed by atoms with Gasteiger partial charge in [0.1, 0.15) is 0 Å². The highest BCUT2D eigenvalue weighted by Gasteiger charge is 1.99. The first-order valence-electron chi connectivity index (χ1n) is 4.36. The fraction of sp³-hybridized carbons (Fsp3) is 0.100. The molecule has 4 nitrogen and oxygen atoms in total. The number of halogens is 1. The topological polar surface area (TPSA) is 47.8 Å². The van der Waals surface area contributed by atoms with Gasteiger partial charge in [-0.05, 0) is 12.1 Å². The summed E-state index contributed by atoms with van der Waals surface area (Å²) in [4.78, 5) is 19.3.